The van der Waals surface area contributed by atoms with Crippen LogP contribution in [0.2, 0.25) is 0 Å². The van der Waals surface area contributed by atoms with Crippen molar-refractivity contribution in [1.29, 1.82) is 0 Å². The maximum atomic E-state index is 13.0. The summed E-state index contributed by atoms with van der Waals surface area (Å²) < 4.78 is 63.5. The summed E-state index contributed by atoms with van der Waals surface area (Å²) in [6.07, 6.45) is -6.52. The smallest absolute Gasteiger partial charge is 0.475 e. The van der Waals surface area contributed by atoms with Crippen molar-refractivity contribution in [3.8, 4) is 0 Å². The Labute approximate surface area is 223 Å². The number of anilines is 1. The summed E-state index contributed by atoms with van der Waals surface area (Å²) in [6.45, 7) is 7.02. The summed E-state index contributed by atoms with van der Waals surface area (Å²) in [5, 5.41) is 15.3. The summed E-state index contributed by atoms with van der Waals surface area (Å²) in [6, 6.07) is 12.1. The van der Waals surface area contributed by atoms with Crippen LogP contribution in [-0.4, -0.2) is 81.5 Å². The first-order valence-electron chi connectivity index (χ1n) is 11.4. The molecule has 0 radical (unpaired) electrons. The molecule has 1 saturated heterocycles. The topological polar surface area (TPSA) is 124 Å². The Morgan fingerprint density at radius 1 is 0.850 bits per heavy atom. The summed E-state index contributed by atoms with van der Waals surface area (Å²) in [5.41, 5.74) is 4.72. The molecule has 0 saturated carbocycles. The molecule has 1 fully saturated rings. The Bertz CT molecular complexity index is 1320. The van der Waals surface area contributed by atoms with Crippen LogP contribution in [0, 0.1) is 13.8 Å². The zero-order chi connectivity index (χ0) is 30.3. The molecule has 0 aliphatic carbocycles. The van der Waals surface area contributed by atoms with Crippen molar-refractivity contribution in [2.24, 2.45) is 0 Å². The molecule has 1 amide bonds. The average Bonchev–Trinajstić information content (AvgIpc) is 2.88. The van der Waals surface area contributed by atoms with Crippen LogP contribution in [0.5, 0.6) is 0 Å². The van der Waals surface area contributed by atoms with E-state index in [-0.39, 0.29) is 5.91 Å². The SMILES string of the molecule is Cc1ccc2nc(C)c(C(=O)N3CCN(c4cccnc4)CC3)cc2c1.O=C(O)C(F)(F)F.O=C(O)C(F)(F)F. The lowest BCUT2D eigenvalue weighted by Crippen LogP contribution is -2.49. The largest absolute Gasteiger partial charge is 0.490 e. The lowest BCUT2D eigenvalue weighted by Gasteiger charge is -2.36. The molecule has 1 aliphatic rings. The molecule has 0 spiro atoms. The van der Waals surface area contributed by atoms with Crippen LogP contribution in [0.25, 0.3) is 10.9 Å². The van der Waals surface area contributed by atoms with Crippen molar-refractivity contribution in [1.82, 2.24) is 14.9 Å². The summed E-state index contributed by atoms with van der Waals surface area (Å²) in [4.78, 5) is 43.8. The number of hydrogen-bond acceptors (Lipinski definition) is 6. The van der Waals surface area contributed by atoms with Crippen LogP contribution >= 0.6 is 0 Å². The number of carboxylic acid groups (broad SMARTS) is 2. The van der Waals surface area contributed by atoms with E-state index < -0.39 is 24.3 Å². The molecule has 9 nitrogen and oxygen atoms in total. The number of fused-ring (bicyclic) bond motifs is 1. The number of aliphatic carboxylic acids is 2. The lowest BCUT2D eigenvalue weighted by atomic mass is 10.1. The number of pyridine rings is 2. The number of carboxylic acids is 2. The molecule has 4 rings (SSSR count). The van der Waals surface area contributed by atoms with Gasteiger partial charge in [0.15, 0.2) is 0 Å². The number of hydrogen-bond donors (Lipinski definition) is 2. The van der Waals surface area contributed by atoms with Gasteiger partial charge in [0, 0.05) is 37.8 Å². The molecular formula is C25H24F6N4O5. The average molecular weight is 574 g/mol. The van der Waals surface area contributed by atoms with Gasteiger partial charge in [-0.25, -0.2) is 9.59 Å². The van der Waals surface area contributed by atoms with Crippen LogP contribution in [0.4, 0.5) is 32.0 Å². The minimum atomic E-state index is -5.08. The molecule has 0 bridgehead atoms. The Kier molecular flexibility index (Phi) is 10.4. The van der Waals surface area contributed by atoms with Crippen molar-refractivity contribution in [2.75, 3.05) is 31.1 Å². The van der Waals surface area contributed by atoms with E-state index in [4.69, 9.17) is 19.8 Å². The lowest BCUT2D eigenvalue weighted by molar-refractivity contribution is -0.193. The molecule has 15 heteroatoms. The van der Waals surface area contributed by atoms with Crippen molar-refractivity contribution >= 4 is 34.4 Å². The van der Waals surface area contributed by atoms with E-state index in [1.807, 2.05) is 42.3 Å². The van der Waals surface area contributed by atoms with E-state index in [1.165, 1.54) is 5.56 Å². The number of nitrogens with zero attached hydrogens (tertiary/aromatic N) is 4. The third-order valence-electron chi connectivity index (χ3n) is 5.45. The van der Waals surface area contributed by atoms with Gasteiger partial charge in [0.25, 0.3) is 5.91 Å². The van der Waals surface area contributed by atoms with Crippen LogP contribution in [0.1, 0.15) is 21.6 Å². The summed E-state index contributed by atoms with van der Waals surface area (Å²) >= 11 is 0. The van der Waals surface area contributed by atoms with Gasteiger partial charge in [0.05, 0.1) is 28.7 Å². The maximum absolute atomic E-state index is 13.0. The molecule has 40 heavy (non-hydrogen) atoms. The van der Waals surface area contributed by atoms with Gasteiger partial charge in [-0.1, -0.05) is 11.6 Å². The van der Waals surface area contributed by atoms with Gasteiger partial charge >= 0.3 is 24.3 Å². The molecular weight excluding hydrogens is 550 g/mol. The monoisotopic (exact) mass is 574 g/mol. The predicted octanol–water partition coefficient (Wildman–Crippen LogP) is 4.48. The first-order chi connectivity index (χ1) is 18.5. The van der Waals surface area contributed by atoms with Gasteiger partial charge in [-0.15, -0.1) is 0 Å². The van der Waals surface area contributed by atoms with Crippen LogP contribution < -0.4 is 4.90 Å². The number of halogens is 6. The number of aromatic nitrogens is 2. The van der Waals surface area contributed by atoms with E-state index >= 15 is 0 Å². The predicted molar refractivity (Wildman–Crippen MR) is 131 cm³/mol. The molecule has 3 aromatic rings. The molecule has 1 aliphatic heterocycles. The minimum absolute atomic E-state index is 0.0734. The molecule has 216 valence electrons. The van der Waals surface area contributed by atoms with Gasteiger partial charge < -0.3 is 20.0 Å². The van der Waals surface area contributed by atoms with Crippen molar-refractivity contribution < 1.29 is 50.9 Å². The number of amides is 1. The fraction of sp³-hybridized carbons (Fsp3) is 0.320. The standard InChI is InChI=1S/C21H22N4O.2C2HF3O2/c1-15-5-6-20-17(12-15)13-19(16(2)23-20)21(26)25-10-8-24(9-11-25)18-4-3-7-22-14-18;2*3-2(4,5)1(6)7/h3-7,12-14H,8-11H2,1-2H3;2*(H,6,7). The molecule has 2 N–H and O–H groups in total. The van der Waals surface area contributed by atoms with E-state index in [2.05, 4.69) is 33.9 Å². The van der Waals surface area contributed by atoms with E-state index in [9.17, 15) is 31.1 Å². The Hall–Kier alpha value is -4.43. The van der Waals surface area contributed by atoms with E-state index in [1.54, 1.807) is 6.20 Å². The zero-order valence-corrected chi connectivity index (χ0v) is 21.1. The highest BCUT2D eigenvalue weighted by Gasteiger charge is 2.38. The molecule has 0 atom stereocenters. The van der Waals surface area contributed by atoms with Gasteiger partial charge in [0.2, 0.25) is 0 Å². The number of piperazine rings is 1. The third-order valence-corrected chi connectivity index (χ3v) is 5.45. The summed E-state index contributed by atoms with van der Waals surface area (Å²) in [5.74, 6) is -5.44. The quantitative estimate of drug-likeness (QED) is 0.430. The van der Waals surface area contributed by atoms with E-state index in [0.29, 0.717) is 18.7 Å². The fourth-order valence-electron chi connectivity index (χ4n) is 3.49. The molecule has 1 aromatic carbocycles. The zero-order valence-electron chi connectivity index (χ0n) is 21.1. The normalized spacial score (nSPS) is 13.5. The second kappa shape index (κ2) is 13.1. The number of carbonyl (C=O) groups is 3. The Morgan fingerprint density at radius 2 is 1.40 bits per heavy atom. The Morgan fingerprint density at radius 3 is 1.88 bits per heavy atom. The fourth-order valence-corrected chi connectivity index (χ4v) is 3.49. The first-order valence-corrected chi connectivity index (χ1v) is 11.4. The van der Waals surface area contributed by atoms with Crippen LogP contribution in [0.15, 0.2) is 48.8 Å². The second-order valence-electron chi connectivity index (χ2n) is 8.41. The van der Waals surface area contributed by atoms with Gasteiger partial charge in [-0.2, -0.15) is 26.3 Å². The molecule has 0 unspecified atom stereocenters. The highest BCUT2D eigenvalue weighted by atomic mass is 19.4. The molecule has 2 aromatic heterocycles. The van der Waals surface area contributed by atoms with Gasteiger partial charge in [-0.05, 0) is 44.2 Å². The Balaban J connectivity index is 0.000000333. The van der Waals surface area contributed by atoms with E-state index in [0.717, 1.165) is 35.4 Å². The second-order valence-corrected chi connectivity index (χ2v) is 8.41. The summed E-state index contributed by atoms with van der Waals surface area (Å²) in [7, 11) is 0. The van der Waals surface area contributed by atoms with Crippen molar-refractivity contribution in [3.05, 3.63) is 65.6 Å². The first kappa shape index (κ1) is 31.8. The third kappa shape index (κ3) is 9.10. The number of alkyl halides is 6. The highest BCUT2D eigenvalue weighted by molar-refractivity contribution is 5.98. The van der Waals surface area contributed by atoms with Crippen molar-refractivity contribution in [3.63, 3.8) is 0 Å². The minimum Gasteiger partial charge on any atom is -0.475 e. The van der Waals surface area contributed by atoms with Gasteiger partial charge in [0.1, 0.15) is 0 Å². The number of benzene rings is 1. The highest BCUT2D eigenvalue weighted by Crippen LogP contribution is 2.21. The van der Waals surface area contributed by atoms with Crippen LogP contribution in [-0.2, 0) is 9.59 Å². The number of aryl methyl sites for hydroxylation is 2. The molecule has 3 heterocycles. The van der Waals surface area contributed by atoms with Crippen LogP contribution in [0.3, 0.4) is 0 Å². The number of carbonyl (C=O) groups excluding carboxylic acids is 1. The number of rotatable bonds is 2. The maximum Gasteiger partial charge on any atom is 0.490 e. The van der Waals surface area contributed by atoms with Gasteiger partial charge in [-0.3, -0.25) is 14.8 Å². The van der Waals surface area contributed by atoms with Crippen molar-refractivity contribution in [2.45, 2.75) is 26.2 Å².